The molecule has 2 aromatic rings. The zero-order chi connectivity index (χ0) is 14.0. The van der Waals surface area contributed by atoms with E-state index in [0.29, 0.717) is 16.6 Å². The van der Waals surface area contributed by atoms with Crippen molar-refractivity contribution in [1.29, 1.82) is 0 Å². The maximum Gasteiger partial charge on any atom is 0.0631 e. The van der Waals surface area contributed by atoms with Crippen LogP contribution in [0.3, 0.4) is 0 Å². The molecule has 0 aliphatic rings. The second-order valence-corrected chi connectivity index (χ2v) is 6.75. The molecule has 0 bridgehead atoms. The van der Waals surface area contributed by atoms with Crippen LogP contribution in [0.5, 0.6) is 0 Å². The van der Waals surface area contributed by atoms with Gasteiger partial charge in [0.15, 0.2) is 0 Å². The SMILES string of the molecule is Cc1cc(Br)c(NCc2cc(Cl)ccc2Cl)c(Br)c1. The minimum atomic E-state index is 0.611. The third-order valence-corrected chi connectivity index (χ3v) is 4.50. The topological polar surface area (TPSA) is 12.0 Å². The number of benzene rings is 2. The summed E-state index contributed by atoms with van der Waals surface area (Å²) in [6, 6.07) is 9.58. The van der Waals surface area contributed by atoms with Crippen molar-refractivity contribution in [1.82, 2.24) is 0 Å². The molecule has 0 spiro atoms. The Bertz CT molecular complexity index is 591. The number of rotatable bonds is 3. The van der Waals surface area contributed by atoms with Crippen molar-refractivity contribution < 1.29 is 0 Å². The third kappa shape index (κ3) is 3.88. The molecule has 0 radical (unpaired) electrons. The molecule has 0 aromatic heterocycles. The first-order chi connectivity index (χ1) is 8.97. The molecule has 0 heterocycles. The highest BCUT2D eigenvalue weighted by molar-refractivity contribution is 9.11. The molecule has 0 saturated carbocycles. The van der Waals surface area contributed by atoms with E-state index in [-0.39, 0.29) is 0 Å². The van der Waals surface area contributed by atoms with E-state index in [0.717, 1.165) is 20.2 Å². The van der Waals surface area contributed by atoms with Crippen molar-refractivity contribution in [3.8, 4) is 0 Å². The predicted molar refractivity (Wildman–Crippen MR) is 90.4 cm³/mol. The number of nitrogens with one attached hydrogen (secondary N) is 1. The Kier molecular flexibility index (Phi) is 5.18. The van der Waals surface area contributed by atoms with Crippen LogP contribution in [0.4, 0.5) is 5.69 Å². The zero-order valence-electron chi connectivity index (χ0n) is 10.1. The second kappa shape index (κ2) is 6.49. The molecule has 5 heteroatoms. The van der Waals surface area contributed by atoms with Gasteiger partial charge in [-0.05, 0) is 80.2 Å². The molecule has 0 aliphatic carbocycles. The van der Waals surface area contributed by atoms with Gasteiger partial charge in [0.25, 0.3) is 0 Å². The Morgan fingerprint density at radius 2 is 1.68 bits per heavy atom. The fourth-order valence-electron chi connectivity index (χ4n) is 1.73. The van der Waals surface area contributed by atoms with Crippen molar-refractivity contribution in [3.05, 3.63) is 60.4 Å². The maximum absolute atomic E-state index is 6.15. The van der Waals surface area contributed by atoms with Gasteiger partial charge in [0.2, 0.25) is 0 Å². The lowest BCUT2D eigenvalue weighted by molar-refractivity contribution is 1.14. The minimum absolute atomic E-state index is 0.611. The summed E-state index contributed by atoms with van der Waals surface area (Å²) in [5, 5.41) is 4.74. The van der Waals surface area contributed by atoms with Crippen molar-refractivity contribution >= 4 is 60.7 Å². The largest absolute Gasteiger partial charge is 0.379 e. The first-order valence-electron chi connectivity index (χ1n) is 5.61. The third-order valence-electron chi connectivity index (χ3n) is 2.65. The Morgan fingerprint density at radius 3 is 2.32 bits per heavy atom. The van der Waals surface area contributed by atoms with Gasteiger partial charge in [-0.1, -0.05) is 23.2 Å². The summed E-state index contributed by atoms with van der Waals surface area (Å²) in [4.78, 5) is 0. The van der Waals surface area contributed by atoms with Gasteiger partial charge in [0, 0.05) is 25.5 Å². The predicted octanol–water partition coefficient (Wildman–Crippen LogP) is 6.44. The minimum Gasteiger partial charge on any atom is -0.379 e. The van der Waals surface area contributed by atoms with Crippen LogP contribution in [0.2, 0.25) is 10.0 Å². The Labute approximate surface area is 139 Å². The van der Waals surface area contributed by atoms with E-state index in [1.54, 1.807) is 12.1 Å². The van der Waals surface area contributed by atoms with Gasteiger partial charge in [0.05, 0.1) is 5.69 Å². The van der Waals surface area contributed by atoms with Crippen LogP contribution in [0.15, 0.2) is 39.3 Å². The average Bonchev–Trinajstić information content (AvgIpc) is 2.32. The highest BCUT2D eigenvalue weighted by Crippen LogP contribution is 2.33. The summed E-state index contributed by atoms with van der Waals surface area (Å²) in [6.07, 6.45) is 0. The molecular formula is C14H11Br2Cl2N. The monoisotopic (exact) mass is 421 g/mol. The zero-order valence-corrected chi connectivity index (χ0v) is 14.8. The van der Waals surface area contributed by atoms with Crippen LogP contribution in [-0.2, 0) is 6.54 Å². The molecule has 2 rings (SSSR count). The second-order valence-electron chi connectivity index (χ2n) is 4.19. The number of halogens is 4. The van der Waals surface area contributed by atoms with Crippen LogP contribution < -0.4 is 5.32 Å². The Balaban J connectivity index is 2.21. The van der Waals surface area contributed by atoms with Gasteiger partial charge in [-0.2, -0.15) is 0 Å². The molecule has 100 valence electrons. The molecule has 0 saturated heterocycles. The molecule has 19 heavy (non-hydrogen) atoms. The standard InChI is InChI=1S/C14H11Br2Cl2N/c1-8-4-11(15)14(12(16)5-8)19-7-9-6-10(17)2-3-13(9)18/h2-6,19H,7H2,1H3. The molecule has 1 N–H and O–H groups in total. The van der Waals surface area contributed by atoms with E-state index in [2.05, 4.69) is 49.3 Å². The summed E-state index contributed by atoms with van der Waals surface area (Å²) in [5.74, 6) is 0. The fourth-order valence-corrected chi connectivity index (χ4v) is 3.81. The van der Waals surface area contributed by atoms with E-state index in [9.17, 15) is 0 Å². The summed E-state index contributed by atoms with van der Waals surface area (Å²) in [5.41, 5.74) is 3.15. The fraction of sp³-hybridized carbons (Fsp3) is 0.143. The van der Waals surface area contributed by atoms with Gasteiger partial charge >= 0.3 is 0 Å². The van der Waals surface area contributed by atoms with Crippen LogP contribution in [-0.4, -0.2) is 0 Å². The normalized spacial score (nSPS) is 10.6. The summed E-state index contributed by atoms with van der Waals surface area (Å²) in [7, 11) is 0. The van der Waals surface area contributed by atoms with Crippen molar-refractivity contribution in [2.24, 2.45) is 0 Å². The number of anilines is 1. The first-order valence-corrected chi connectivity index (χ1v) is 7.95. The van der Waals surface area contributed by atoms with E-state index in [1.165, 1.54) is 5.56 Å². The highest BCUT2D eigenvalue weighted by Gasteiger charge is 2.07. The van der Waals surface area contributed by atoms with Crippen molar-refractivity contribution in [2.45, 2.75) is 13.5 Å². The molecule has 2 aromatic carbocycles. The number of hydrogen-bond donors (Lipinski definition) is 1. The average molecular weight is 424 g/mol. The lowest BCUT2D eigenvalue weighted by atomic mass is 10.2. The van der Waals surface area contributed by atoms with E-state index < -0.39 is 0 Å². The summed E-state index contributed by atoms with van der Waals surface area (Å²) < 4.78 is 2.02. The van der Waals surface area contributed by atoms with E-state index in [4.69, 9.17) is 23.2 Å². The molecular weight excluding hydrogens is 413 g/mol. The first kappa shape index (κ1) is 15.2. The number of aryl methyl sites for hydroxylation is 1. The maximum atomic E-state index is 6.15. The molecule has 0 atom stereocenters. The molecule has 0 amide bonds. The molecule has 0 unspecified atom stereocenters. The Hall–Kier alpha value is -0.220. The van der Waals surface area contributed by atoms with Crippen LogP contribution >= 0.6 is 55.1 Å². The molecule has 1 nitrogen and oxygen atoms in total. The molecule has 0 fully saturated rings. The van der Waals surface area contributed by atoms with Crippen molar-refractivity contribution in [3.63, 3.8) is 0 Å². The lowest BCUT2D eigenvalue weighted by Gasteiger charge is -2.13. The van der Waals surface area contributed by atoms with E-state index >= 15 is 0 Å². The number of hydrogen-bond acceptors (Lipinski definition) is 1. The summed E-state index contributed by atoms with van der Waals surface area (Å²) in [6.45, 7) is 2.66. The highest BCUT2D eigenvalue weighted by atomic mass is 79.9. The van der Waals surface area contributed by atoms with E-state index in [1.807, 2.05) is 13.0 Å². The van der Waals surface area contributed by atoms with Gasteiger partial charge < -0.3 is 5.32 Å². The van der Waals surface area contributed by atoms with Crippen LogP contribution in [0.1, 0.15) is 11.1 Å². The van der Waals surface area contributed by atoms with Crippen LogP contribution in [0.25, 0.3) is 0 Å². The van der Waals surface area contributed by atoms with Gasteiger partial charge in [0.1, 0.15) is 0 Å². The van der Waals surface area contributed by atoms with Crippen molar-refractivity contribution in [2.75, 3.05) is 5.32 Å². The van der Waals surface area contributed by atoms with Crippen LogP contribution in [0, 0.1) is 6.92 Å². The van der Waals surface area contributed by atoms with Gasteiger partial charge in [-0.15, -0.1) is 0 Å². The summed E-state index contributed by atoms with van der Waals surface area (Å²) >= 11 is 19.2. The molecule has 0 aliphatic heterocycles. The smallest absolute Gasteiger partial charge is 0.0631 e. The van der Waals surface area contributed by atoms with Gasteiger partial charge in [-0.3, -0.25) is 0 Å². The Morgan fingerprint density at radius 1 is 1.05 bits per heavy atom. The van der Waals surface area contributed by atoms with Gasteiger partial charge in [-0.25, -0.2) is 0 Å². The lowest BCUT2D eigenvalue weighted by Crippen LogP contribution is -2.02. The quantitative estimate of drug-likeness (QED) is 0.599.